The van der Waals surface area contributed by atoms with Crippen molar-refractivity contribution in [2.45, 2.75) is 39.5 Å². The van der Waals surface area contributed by atoms with E-state index in [0.717, 1.165) is 53.0 Å². The highest BCUT2D eigenvalue weighted by atomic mass is 16.1. The van der Waals surface area contributed by atoms with Crippen LogP contribution in [-0.4, -0.2) is 19.6 Å². The van der Waals surface area contributed by atoms with E-state index >= 15 is 0 Å². The van der Waals surface area contributed by atoms with E-state index in [9.17, 15) is 10.1 Å². The molecule has 150 valence electrons. The number of hydrogen-bond donors (Lipinski definition) is 1. The summed E-state index contributed by atoms with van der Waals surface area (Å²) in [5, 5.41) is 12.1. The number of nitrogens with zero attached hydrogens (tertiary/aromatic N) is 4. The highest BCUT2D eigenvalue weighted by molar-refractivity contribution is 5.70. The maximum atomic E-state index is 11.9. The normalized spacial score (nSPS) is 11.0. The fraction of sp³-hybridized carbons (Fsp3) is 0.250. The van der Waals surface area contributed by atoms with Crippen LogP contribution in [0.5, 0.6) is 0 Å². The van der Waals surface area contributed by atoms with Crippen LogP contribution in [-0.2, 0) is 12.8 Å². The van der Waals surface area contributed by atoms with Crippen LogP contribution < -0.4 is 5.69 Å². The molecule has 0 saturated carbocycles. The van der Waals surface area contributed by atoms with Gasteiger partial charge in [0.05, 0.1) is 11.6 Å². The Kier molecular flexibility index (Phi) is 5.44. The molecule has 2 aromatic carbocycles. The lowest BCUT2D eigenvalue weighted by molar-refractivity contribution is 0.743. The zero-order valence-electron chi connectivity index (χ0n) is 17.1. The molecule has 0 saturated heterocycles. The van der Waals surface area contributed by atoms with E-state index in [-0.39, 0.29) is 5.69 Å². The third kappa shape index (κ3) is 3.74. The summed E-state index contributed by atoms with van der Waals surface area (Å²) in [7, 11) is 0. The Morgan fingerprint density at radius 1 is 1.10 bits per heavy atom. The van der Waals surface area contributed by atoms with Crippen molar-refractivity contribution in [3.63, 3.8) is 0 Å². The number of fused-ring (bicyclic) bond motifs is 1. The van der Waals surface area contributed by atoms with Gasteiger partial charge in [-0.15, -0.1) is 0 Å². The number of aromatic amines is 1. The largest absolute Gasteiger partial charge is 0.362 e. The molecule has 0 bridgehead atoms. The topological polar surface area (TPSA) is 86.8 Å². The summed E-state index contributed by atoms with van der Waals surface area (Å²) in [5.74, 6) is 0.734. The maximum Gasteiger partial charge on any atom is 0.362 e. The molecule has 2 aromatic heterocycles. The Hall–Kier alpha value is -3.72. The molecule has 0 amide bonds. The number of benzene rings is 2. The summed E-state index contributed by atoms with van der Waals surface area (Å²) in [4.78, 5) is 20.8. The van der Waals surface area contributed by atoms with Crippen molar-refractivity contribution in [3.8, 4) is 17.2 Å². The molecule has 2 heterocycles. The summed E-state index contributed by atoms with van der Waals surface area (Å²) in [6.45, 7) is 4.03. The first-order valence-corrected chi connectivity index (χ1v) is 10.2. The van der Waals surface area contributed by atoms with Gasteiger partial charge in [0.25, 0.3) is 0 Å². The van der Waals surface area contributed by atoms with Crippen LogP contribution >= 0.6 is 0 Å². The number of hydrogen-bond acceptors (Lipinski definition) is 4. The van der Waals surface area contributed by atoms with E-state index in [1.54, 1.807) is 4.52 Å². The smallest absolute Gasteiger partial charge is 0.244 e. The van der Waals surface area contributed by atoms with Crippen molar-refractivity contribution in [1.29, 1.82) is 5.26 Å². The SMILES string of the molecule is CCCCc1nc(C)n2[nH]c(=O)nc2c1Cc1ccc(-c2ccccc2C#N)cc1. The molecular formula is C24H23N5O. The number of nitriles is 1. The first kappa shape index (κ1) is 19.6. The molecule has 6 heteroatoms. The molecule has 0 atom stereocenters. The Bertz CT molecular complexity index is 1290. The average Bonchev–Trinajstić information content (AvgIpc) is 3.17. The first-order valence-electron chi connectivity index (χ1n) is 10.2. The van der Waals surface area contributed by atoms with Crippen molar-refractivity contribution in [2.75, 3.05) is 0 Å². The van der Waals surface area contributed by atoms with Crippen LogP contribution in [0.2, 0.25) is 0 Å². The molecule has 4 aromatic rings. The summed E-state index contributed by atoms with van der Waals surface area (Å²) in [6.07, 6.45) is 3.61. The van der Waals surface area contributed by atoms with Crippen molar-refractivity contribution >= 4 is 5.65 Å². The number of aryl methyl sites for hydroxylation is 2. The third-order valence-corrected chi connectivity index (χ3v) is 5.33. The minimum atomic E-state index is -0.364. The Morgan fingerprint density at radius 3 is 2.60 bits per heavy atom. The minimum absolute atomic E-state index is 0.364. The first-order chi connectivity index (χ1) is 14.6. The number of rotatable bonds is 6. The highest BCUT2D eigenvalue weighted by Crippen LogP contribution is 2.25. The molecule has 4 rings (SSSR count). The predicted molar refractivity (Wildman–Crippen MR) is 116 cm³/mol. The Labute approximate surface area is 174 Å². The van der Waals surface area contributed by atoms with E-state index in [1.165, 1.54) is 0 Å². The van der Waals surface area contributed by atoms with Crippen LogP contribution in [0.3, 0.4) is 0 Å². The molecule has 0 unspecified atom stereocenters. The van der Waals surface area contributed by atoms with Crippen LogP contribution in [0.25, 0.3) is 16.8 Å². The standard InChI is InChI=1S/C24H23N5O/c1-3-4-9-22-21(23-27-24(30)28-29(23)16(2)26-22)14-17-10-12-18(13-11-17)20-8-6-5-7-19(20)15-25/h5-8,10-13H,3-4,9,14H2,1-2H3,(H,28,30). The second-order valence-electron chi connectivity index (χ2n) is 7.41. The van der Waals surface area contributed by atoms with Gasteiger partial charge < -0.3 is 0 Å². The summed E-state index contributed by atoms with van der Waals surface area (Å²) in [6, 6.07) is 18.0. The van der Waals surface area contributed by atoms with Crippen molar-refractivity contribution in [1.82, 2.24) is 19.6 Å². The van der Waals surface area contributed by atoms with Gasteiger partial charge in [-0.25, -0.2) is 19.4 Å². The van der Waals surface area contributed by atoms with E-state index in [4.69, 9.17) is 4.98 Å². The van der Waals surface area contributed by atoms with Gasteiger partial charge in [0, 0.05) is 17.7 Å². The van der Waals surface area contributed by atoms with E-state index < -0.39 is 0 Å². The third-order valence-electron chi connectivity index (χ3n) is 5.33. The zero-order valence-corrected chi connectivity index (χ0v) is 17.1. The molecule has 6 nitrogen and oxygen atoms in total. The molecular weight excluding hydrogens is 374 g/mol. The van der Waals surface area contributed by atoms with Gasteiger partial charge in [0.15, 0.2) is 5.65 Å². The zero-order chi connectivity index (χ0) is 21.1. The summed E-state index contributed by atoms with van der Waals surface area (Å²) in [5.41, 5.74) is 5.96. The van der Waals surface area contributed by atoms with Gasteiger partial charge in [-0.3, -0.25) is 0 Å². The van der Waals surface area contributed by atoms with Gasteiger partial charge in [0.1, 0.15) is 5.82 Å². The number of unbranched alkanes of at least 4 members (excludes halogenated alkanes) is 1. The number of aromatic nitrogens is 4. The predicted octanol–water partition coefficient (Wildman–Crippen LogP) is 4.20. The highest BCUT2D eigenvalue weighted by Gasteiger charge is 2.15. The molecule has 0 radical (unpaired) electrons. The molecule has 0 aliphatic heterocycles. The monoisotopic (exact) mass is 397 g/mol. The molecule has 1 N–H and O–H groups in total. The van der Waals surface area contributed by atoms with Gasteiger partial charge >= 0.3 is 5.69 Å². The fourth-order valence-electron chi connectivity index (χ4n) is 3.77. The Morgan fingerprint density at radius 2 is 1.87 bits per heavy atom. The molecule has 30 heavy (non-hydrogen) atoms. The van der Waals surface area contributed by atoms with Gasteiger partial charge in [-0.1, -0.05) is 55.8 Å². The second-order valence-corrected chi connectivity index (χ2v) is 7.41. The summed E-state index contributed by atoms with van der Waals surface area (Å²) >= 11 is 0. The maximum absolute atomic E-state index is 11.9. The van der Waals surface area contributed by atoms with Crippen molar-refractivity contribution in [2.24, 2.45) is 0 Å². The molecule has 0 aliphatic rings. The van der Waals surface area contributed by atoms with E-state index in [2.05, 4.69) is 35.2 Å². The van der Waals surface area contributed by atoms with Gasteiger partial charge in [-0.2, -0.15) is 10.2 Å². The van der Waals surface area contributed by atoms with Crippen molar-refractivity contribution < 1.29 is 0 Å². The van der Waals surface area contributed by atoms with Crippen LogP contribution in [0.1, 0.15) is 48.0 Å². The molecule has 0 aliphatic carbocycles. The van der Waals surface area contributed by atoms with Crippen molar-refractivity contribution in [3.05, 3.63) is 87.2 Å². The van der Waals surface area contributed by atoms with Gasteiger partial charge in [-0.05, 0) is 42.5 Å². The number of nitrogens with one attached hydrogen (secondary N) is 1. The average molecular weight is 397 g/mol. The van der Waals surface area contributed by atoms with Crippen LogP contribution in [0.4, 0.5) is 0 Å². The van der Waals surface area contributed by atoms with E-state index in [1.807, 2.05) is 43.3 Å². The van der Waals surface area contributed by atoms with Gasteiger partial charge in [0.2, 0.25) is 0 Å². The lowest BCUT2D eigenvalue weighted by Crippen LogP contribution is -2.09. The Balaban J connectivity index is 1.73. The molecule has 0 spiro atoms. The summed E-state index contributed by atoms with van der Waals surface area (Å²) < 4.78 is 1.67. The fourth-order valence-corrected chi connectivity index (χ4v) is 3.77. The van der Waals surface area contributed by atoms with Crippen LogP contribution in [0.15, 0.2) is 53.3 Å². The quantitative estimate of drug-likeness (QED) is 0.528. The number of H-pyrrole nitrogens is 1. The minimum Gasteiger partial charge on any atom is -0.244 e. The lowest BCUT2D eigenvalue weighted by Gasteiger charge is -2.12. The van der Waals surface area contributed by atoms with E-state index in [0.29, 0.717) is 17.6 Å². The molecule has 0 fully saturated rings. The van der Waals surface area contributed by atoms with Crippen LogP contribution in [0, 0.1) is 18.3 Å². The lowest BCUT2D eigenvalue weighted by atomic mass is 9.96. The second kappa shape index (κ2) is 8.34.